The van der Waals surface area contributed by atoms with E-state index in [1.807, 2.05) is 32.0 Å². The summed E-state index contributed by atoms with van der Waals surface area (Å²) in [5, 5.41) is 9.72. The van der Waals surface area contributed by atoms with Crippen LogP contribution in [0.25, 0.3) is 11.1 Å². The van der Waals surface area contributed by atoms with Crippen molar-refractivity contribution in [1.82, 2.24) is 0 Å². The van der Waals surface area contributed by atoms with Crippen molar-refractivity contribution in [1.29, 1.82) is 0 Å². The number of aryl methyl sites for hydroxylation is 2. The van der Waals surface area contributed by atoms with Crippen molar-refractivity contribution < 1.29 is 14.6 Å². The Labute approximate surface area is 112 Å². The van der Waals surface area contributed by atoms with Gasteiger partial charge in [-0.15, -0.1) is 0 Å². The predicted molar refractivity (Wildman–Crippen MR) is 75.0 cm³/mol. The van der Waals surface area contributed by atoms with Crippen molar-refractivity contribution in [3.63, 3.8) is 0 Å². The molecule has 2 aromatic rings. The predicted octanol–water partition coefficient (Wildman–Crippen LogP) is 3.50. The van der Waals surface area contributed by atoms with Gasteiger partial charge in [0.05, 0.1) is 12.7 Å². The van der Waals surface area contributed by atoms with Crippen molar-refractivity contribution in [3.05, 3.63) is 47.0 Å². The quantitative estimate of drug-likeness (QED) is 0.855. The normalized spacial score (nSPS) is 10.3. The van der Waals surface area contributed by atoms with Crippen LogP contribution in [-0.2, 0) is 0 Å². The Morgan fingerprint density at radius 2 is 1.79 bits per heavy atom. The number of methoxy groups -OCH3 is 1. The molecule has 0 heterocycles. The van der Waals surface area contributed by atoms with Gasteiger partial charge in [-0.1, -0.05) is 18.2 Å². The van der Waals surface area contributed by atoms with Gasteiger partial charge in [-0.25, -0.2) is 0 Å². The Hall–Kier alpha value is -2.29. The maximum absolute atomic E-state index is 11.0. The molecule has 19 heavy (non-hydrogen) atoms. The van der Waals surface area contributed by atoms with Crippen molar-refractivity contribution >= 4 is 6.29 Å². The molecular formula is C16H16O3. The summed E-state index contributed by atoms with van der Waals surface area (Å²) in [6.45, 7) is 4.02. The minimum Gasteiger partial charge on any atom is -0.507 e. The van der Waals surface area contributed by atoms with Gasteiger partial charge in [-0.2, -0.15) is 0 Å². The van der Waals surface area contributed by atoms with Crippen molar-refractivity contribution in [2.75, 3.05) is 7.11 Å². The summed E-state index contributed by atoms with van der Waals surface area (Å²) in [4.78, 5) is 11.0. The molecule has 1 N–H and O–H groups in total. The Morgan fingerprint density at radius 3 is 2.32 bits per heavy atom. The smallest absolute Gasteiger partial charge is 0.153 e. The van der Waals surface area contributed by atoms with Gasteiger partial charge in [0.15, 0.2) is 6.29 Å². The van der Waals surface area contributed by atoms with Crippen LogP contribution in [0.4, 0.5) is 0 Å². The van der Waals surface area contributed by atoms with Gasteiger partial charge >= 0.3 is 0 Å². The first-order valence-electron chi connectivity index (χ1n) is 6.01. The van der Waals surface area contributed by atoms with Crippen LogP contribution in [0.3, 0.4) is 0 Å². The third kappa shape index (κ3) is 2.32. The molecule has 0 spiro atoms. The first-order valence-corrected chi connectivity index (χ1v) is 6.01. The lowest BCUT2D eigenvalue weighted by Crippen LogP contribution is -1.95. The first kappa shape index (κ1) is 13.1. The second-order valence-electron chi connectivity index (χ2n) is 4.50. The van der Waals surface area contributed by atoms with Crippen LogP contribution < -0.4 is 4.74 Å². The van der Waals surface area contributed by atoms with Gasteiger partial charge in [0, 0.05) is 11.6 Å². The zero-order valence-corrected chi connectivity index (χ0v) is 11.2. The summed E-state index contributed by atoms with van der Waals surface area (Å²) in [5.41, 5.74) is 4.31. The molecule has 0 unspecified atom stereocenters. The van der Waals surface area contributed by atoms with Crippen molar-refractivity contribution in [2.45, 2.75) is 13.8 Å². The second kappa shape index (κ2) is 5.14. The van der Waals surface area contributed by atoms with E-state index in [2.05, 4.69) is 0 Å². The molecule has 0 bridgehead atoms. The lowest BCUT2D eigenvalue weighted by molar-refractivity contribution is 0.112. The lowest BCUT2D eigenvalue weighted by atomic mass is 9.93. The van der Waals surface area contributed by atoms with Crippen LogP contribution >= 0.6 is 0 Å². The number of rotatable bonds is 3. The third-order valence-corrected chi connectivity index (χ3v) is 3.23. The monoisotopic (exact) mass is 256 g/mol. The van der Waals surface area contributed by atoms with Crippen LogP contribution in [0.5, 0.6) is 11.5 Å². The van der Waals surface area contributed by atoms with E-state index < -0.39 is 0 Å². The number of carbonyl (C=O) groups excluding carboxylic acids is 1. The molecule has 0 aromatic heterocycles. The number of phenols is 1. The van der Waals surface area contributed by atoms with Crippen LogP contribution in [0, 0.1) is 13.8 Å². The van der Waals surface area contributed by atoms with Crippen LogP contribution in [-0.4, -0.2) is 18.5 Å². The summed E-state index contributed by atoms with van der Waals surface area (Å²) < 4.78 is 5.31. The average molecular weight is 256 g/mol. The minimum absolute atomic E-state index is 0.0677. The highest BCUT2D eigenvalue weighted by atomic mass is 16.5. The summed E-state index contributed by atoms with van der Waals surface area (Å²) in [6, 6.07) is 9.15. The molecule has 0 fully saturated rings. The Kier molecular flexibility index (Phi) is 3.56. The fourth-order valence-electron chi connectivity index (χ4n) is 2.28. The fourth-order valence-corrected chi connectivity index (χ4v) is 2.28. The van der Waals surface area contributed by atoms with Crippen molar-refractivity contribution in [3.8, 4) is 22.6 Å². The Morgan fingerprint density at radius 1 is 1.16 bits per heavy atom. The van der Waals surface area contributed by atoms with E-state index in [0.717, 1.165) is 22.3 Å². The summed E-state index contributed by atoms with van der Waals surface area (Å²) in [6.07, 6.45) is 0.645. The standard InChI is InChI=1S/C16H16O3/c1-10-5-4-6-11(2)16(10)13-7-12(9-17)14(18)8-15(13)19-3/h4-9,18H,1-3H3. The molecule has 0 aliphatic carbocycles. The number of phenolic OH excluding ortho intramolecular Hbond substituents is 1. The molecule has 98 valence electrons. The fraction of sp³-hybridized carbons (Fsp3) is 0.188. The van der Waals surface area contributed by atoms with Gasteiger partial charge in [-0.05, 0) is 36.6 Å². The molecule has 3 heteroatoms. The second-order valence-corrected chi connectivity index (χ2v) is 4.50. The zero-order valence-electron chi connectivity index (χ0n) is 11.2. The van der Waals surface area contributed by atoms with E-state index in [0.29, 0.717) is 12.0 Å². The maximum Gasteiger partial charge on any atom is 0.153 e. The number of hydrogen-bond donors (Lipinski definition) is 1. The number of carbonyl (C=O) groups is 1. The molecule has 0 aliphatic rings. The minimum atomic E-state index is -0.0677. The van der Waals surface area contributed by atoms with E-state index in [-0.39, 0.29) is 11.3 Å². The molecule has 3 nitrogen and oxygen atoms in total. The highest BCUT2D eigenvalue weighted by Crippen LogP contribution is 2.38. The van der Waals surface area contributed by atoms with E-state index in [1.54, 1.807) is 13.2 Å². The highest BCUT2D eigenvalue weighted by Gasteiger charge is 2.14. The largest absolute Gasteiger partial charge is 0.507 e. The van der Waals surface area contributed by atoms with E-state index in [9.17, 15) is 9.90 Å². The molecule has 0 amide bonds. The molecular weight excluding hydrogens is 240 g/mol. The molecule has 0 atom stereocenters. The first-order chi connectivity index (χ1) is 9.08. The Bertz CT molecular complexity index is 610. The average Bonchev–Trinajstić information content (AvgIpc) is 2.39. The number of benzene rings is 2. The molecule has 2 aromatic carbocycles. The van der Waals surface area contributed by atoms with Crippen LogP contribution in [0.1, 0.15) is 21.5 Å². The van der Waals surface area contributed by atoms with Gasteiger partial charge in [0.25, 0.3) is 0 Å². The van der Waals surface area contributed by atoms with Gasteiger partial charge in [-0.3, -0.25) is 4.79 Å². The van der Waals surface area contributed by atoms with E-state index in [1.165, 1.54) is 6.07 Å². The van der Waals surface area contributed by atoms with E-state index in [4.69, 9.17) is 4.74 Å². The zero-order chi connectivity index (χ0) is 14.0. The maximum atomic E-state index is 11.0. The molecule has 0 saturated heterocycles. The molecule has 0 radical (unpaired) electrons. The van der Waals surface area contributed by atoms with Crippen molar-refractivity contribution in [2.24, 2.45) is 0 Å². The number of aromatic hydroxyl groups is 1. The highest BCUT2D eigenvalue weighted by molar-refractivity contribution is 5.86. The molecule has 2 rings (SSSR count). The Balaban J connectivity index is 2.77. The molecule has 0 aliphatic heterocycles. The molecule has 0 saturated carbocycles. The summed E-state index contributed by atoms with van der Waals surface area (Å²) in [7, 11) is 1.55. The number of aldehydes is 1. The number of ether oxygens (including phenoxy) is 1. The SMILES string of the molecule is COc1cc(O)c(C=O)cc1-c1c(C)cccc1C. The summed E-state index contributed by atoms with van der Waals surface area (Å²) in [5.74, 6) is 0.488. The summed E-state index contributed by atoms with van der Waals surface area (Å²) >= 11 is 0. The number of hydrogen-bond acceptors (Lipinski definition) is 3. The van der Waals surface area contributed by atoms with Gasteiger partial charge in [0.1, 0.15) is 11.5 Å². The van der Waals surface area contributed by atoms with Gasteiger partial charge < -0.3 is 9.84 Å². The van der Waals surface area contributed by atoms with Crippen LogP contribution in [0.2, 0.25) is 0 Å². The van der Waals surface area contributed by atoms with Gasteiger partial charge in [0.2, 0.25) is 0 Å². The third-order valence-electron chi connectivity index (χ3n) is 3.23. The topological polar surface area (TPSA) is 46.5 Å². The van der Waals surface area contributed by atoms with Crippen LogP contribution in [0.15, 0.2) is 30.3 Å². The van der Waals surface area contributed by atoms with E-state index >= 15 is 0 Å². The lowest BCUT2D eigenvalue weighted by Gasteiger charge is -2.15.